The number of benzene rings is 4. The zero-order valence-corrected chi connectivity index (χ0v) is 18.6. The highest BCUT2D eigenvalue weighted by molar-refractivity contribution is 7.05. The average molecular weight is 393 g/mol. The Morgan fingerprint density at radius 2 is 1.45 bits per heavy atom. The molecule has 0 nitrogen and oxygen atoms in total. The van der Waals surface area contributed by atoms with Crippen LogP contribution in [0.1, 0.15) is 25.3 Å². The number of hydrogen-bond acceptors (Lipinski definition) is 0. The average Bonchev–Trinajstić information content (AvgIpc) is 2.99. The molecule has 1 aliphatic heterocycles. The molecule has 0 unspecified atom stereocenters. The maximum atomic E-state index is 2.52. The third kappa shape index (κ3) is 2.96. The first-order chi connectivity index (χ1) is 14.1. The van der Waals surface area contributed by atoms with E-state index in [2.05, 4.69) is 98.9 Å². The van der Waals surface area contributed by atoms with Crippen molar-refractivity contribution < 1.29 is 0 Å². The van der Waals surface area contributed by atoms with Crippen molar-refractivity contribution >= 4 is 29.2 Å². The van der Waals surface area contributed by atoms with Crippen LogP contribution in [-0.2, 0) is 6.42 Å². The molecule has 1 aliphatic rings. The molecule has 0 amide bonds. The van der Waals surface area contributed by atoms with E-state index in [0.717, 1.165) is 0 Å². The van der Waals surface area contributed by atoms with Gasteiger partial charge in [-0.25, -0.2) is 0 Å². The number of aryl methyl sites for hydroxylation is 1. The molecule has 0 radical (unpaired) electrons. The molecule has 0 spiro atoms. The Hall–Kier alpha value is -2.64. The van der Waals surface area contributed by atoms with E-state index >= 15 is 0 Å². The molecular weight excluding hydrogens is 364 g/mol. The van der Waals surface area contributed by atoms with Crippen LogP contribution >= 0.6 is 0 Å². The Labute approximate surface area is 175 Å². The van der Waals surface area contributed by atoms with Gasteiger partial charge in [-0.2, -0.15) is 0 Å². The molecule has 0 N–H and O–H groups in total. The molecule has 0 aliphatic carbocycles. The van der Waals surface area contributed by atoms with Crippen LogP contribution in [0.15, 0.2) is 78.9 Å². The standard InChI is InChI=1S/C28H28Si/c1-4-5-8-20-11-13-21(14-12-20)23-16-17-25-26-18-15-22-9-6-7-10-24(22)28(26)29(2,3)27(25)19-23/h6-7,9-19H,4-5,8H2,1-3H3. The summed E-state index contributed by atoms with van der Waals surface area (Å²) in [6.07, 6.45) is 3.70. The summed E-state index contributed by atoms with van der Waals surface area (Å²) in [7, 11) is -1.74. The van der Waals surface area contributed by atoms with Crippen LogP contribution in [0, 0.1) is 0 Å². The minimum absolute atomic E-state index is 1.18. The fourth-order valence-corrected chi connectivity index (χ4v) is 8.49. The molecule has 1 heteroatoms. The molecule has 4 aromatic carbocycles. The summed E-state index contributed by atoms with van der Waals surface area (Å²) >= 11 is 0. The second-order valence-electron chi connectivity index (χ2n) is 8.90. The smallest absolute Gasteiger partial charge is 0.0654 e. The Morgan fingerprint density at radius 1 is 0.724 bits per heavy atom. The molecule has 4 aromatic rings. The molecule has 0 aromatic heterocycles. The Balaban J connectivity index is 1.59. The number of fused-ring (bicyclic) bond motifs is 5. The molecule has 5 rings (SSSR count). The second kappa shape index (κ2) is 7.00. The van der Waals surface area contributed by atoms with Crippen LogP contribution in [0.5, 0.6) is 0 Å². The fourth-order valence-electron chi connectivity index (χ4n) is 5.02. The van der Waals surface area contributed by atoms with Gasteiger partial charge in [0.25, 0.3) is 0 Å². The van der Waals surface area contributed by atoms with Gasteiger partial charge in [0.15, 0.2) is 0 Å². The monoisotopic (exact) mass is 392 g/mol. The maximum Gasteiger partial charge on any atom is 0.114 e. The Kier molecular flexibility index (Phi) is 4.44. The lowest BCUT2D eigenvalue weighted by Gasteiger charge is -2.21. The lowest BCUT2D eigenvalue weighted by atomic mass is 9.97. The first-order valence-corrected chi connectivity index (χ1v) is 13.9. The first-order valence-electron chi connectivity index (χ1n) is 10.9. The maximum absolute atomic E-state index is 2.52. The molecule has 1 heterocycles. The lowest BCUT2D eigenvalue weighted by Crippen LogP contribution is -2.49. The van der Waals surface area contributed by atoms with Gasteiger partial charge >= 0.3 is 0 Å². The zero-order chi connectivity index (χ0) is 20.0. The molecular formula is C28H28Si. The summed E-state index contributed by atoms with van der Waals surface area (Å²) in [5, 5.41) is 6.00. The van der Waals surface area contributed by atoms with Crippen molar-refractivity contribution in [3.8, 4) is 22.3 Å². The van der Waals surface area contributed by atoms with Gasteiger partial charge in [-0.05, 0) is 61.8 Å². The predicted molar refractivity (Wildman–Crippen MR) is 130 cm³/mol. The molecule has 0 atom stereocenters. The topological polar surface area (TPSA) is 0 Å². The third-order valence-corrected chi connectivity index (χ3v) is 10.2. The summed E-state index contributed by atoms with van der Waals surface area (Å²) in [6.45, 7) is 7.29. The summed E-state index contributed by atoms with van der Waals surface area (Å²) in [6, 6.07) is 29.9. The molecule has 0 saturated heterocycles. The summed E-state index contributed by atoms with van der Waals surface area (Å²) < 4.78 is 0. The number of unbranched alkanes of at least 4 members (excludes halogenated alkanes) is 1. The highest BCUT2D eigenvalue weighted by Crippen LogP contribution is 2.34. The quantitative estimate of drug-likeness (QED) is 0.341. The van der Waals surface area contributed by atoms with Crippen LogP contribution in [0.2, 0.25) is 13.1 Å². The van der Waals surface area contributed by atoms with Gasteiger partial charge in [0.1, 0.15) is 8.07 Å². The van der Waals surface area contributed by atoms with E-state index in [9.17, 15) is 0 Å². The van der Waals surface area contributed by atoms with E-state index in [1.54, 1.807) is 10.4 Å². The predicted octanol–water partition coefficient (Wildman–Crippen LogP) is 6.65. The highest BCUT2D eigenvalue weighted by Gasteiger charge is 2.38. The van der Waals surface area contributed by atoms with E-state index in [1.807, 2.05) is 0 Å². The van der Waals surface area contributed by atoms with Crippen molar-refractivity contribution in [2.75, 3.05) is 0 Å². The first kappa shape index (κ1) is 18.4. The second-order valence-corrected chi connectivity index (χ2v) is 13.2. The van der Waals surface area contributed by atoms with Gasteiger partial charge in [-0.1, -0.05) is 105 Å². The normalized spacial score (nSPS) is 14.0. The summed E-state index contributed by atoms with van der Waals surface area (Å²) in [5.41, 5.74) is 7.04. The largest absolute Gasteiger partial charge is 0.114 e. The van der Waals surface area contributed by atoms with E-state index in [1.165, 1.54) is 57.9 Å². The van der Waals surface area contributed by atoms with Crippen molar-refractivity contribution in [2.24, 2.45) is 0 Å². The van der Waals surface area contributed by atoms with Gasteiger partial charge in [0.05, 0.1) is 0 Å². The zero-order valence-electron chi connectivity index (χ0n) is 17.6. The lowest BCUT2D eigenvalue weighted by molar-refractivity contribution is 0.795. The highest BCUT2D eigenvalue weighted by atomic mass is 28.3. The Morgan fingerprint density at radius 3 is 2.24 bits per heavy atom. The van der Waals surface area contributed by atoms with Gasteiger partial charge in [0, 0.05) is 0 Å². The van der Waals surface area contributed by atoms with Crippen molar-refractivity contribution in [3.05, 3.63) is 84.4 Å². The minimum Gasteiger partial charge on any atom is -0.0654 e. The van der Waals surface area contributed by atoms with Crippen molar-refractivity contribution in [2.45, 2.75) is 39.3 Å². The summed E-state index contributed by atoms with van der Waals surface area (Å²) in [5.74, 6) is 0. The number of hydrogen-bond donors (Lipinski definition) is 0. The van der Waals surface area contributed by atoms with Crippen molar-refractivity contribution in [1.29, 1.82) is 0 Å². The molecule has 144 valence electrons. The fraction of sp³-hybridized carbons (Fsp3) is 0.214. The van der Waals surface area contributed by atoms with Gasteiger partial charge < -0.3 is 0 Å². The van der Waals surface area contributed by atoms with Gasteiger partial charge in [-0.3, -0.25) is 0 Å². The third-order valence-electron chi connectivity index (χ3n) is 6.64. The molecule has 0 saturated carbocycles. The molecule has 0 fully saturated rings. The van der Waals surface area contributed by atoms with Gasteiger partial charge in [0.2, 0.25) is 0 Å². The van der Waals surface area contributed by atoms with E-state index < -0.39 is 8.07 Å². The van der Waals surface area contributed by atoms with Crippen LogP contribution in [0.3, 0.4) is 0 Å². The van der Waals surface area contributed by atoms with Crippen LogP contribution < -0.4 is 10.4 Å². The van der Waals surface area contributed by atoms with Crippen molar-refractivity contribution in [1.82, 2.24) is 0 Å². The summed E-state index contributed by atoms with van der Waals surface area (Å²) in [4.78, 5) is 0. The van der Waals surface area contributed by atoms with E-state index in [4.69, 9.17) is 0 Å². The van der Waals surface area contributed by atoms with Crippen LogP contribution in [0.25, 0.3) is 33.0 Å². The van der Waals surface area contributed by atoms with E-state index in [0.29, 0.717) is 0 Å². The van der Waals surface area contributed by atoms with Gasteiger partial charge in [-0.15, -0.1) is 0 Å². The molecule has 29 heavy (non-hydrogen) atoms. The van der Waals surface area contributed by atoms with E-state index in [-0.39, 0.29) is 0 Å². The van der Waals surface area contributed by atoms with Crippen LogP contribution in [-0.4, -0.2) is 8.07 Å². The minimum atomic E-state index is -1.74. The molecule has 0 bridgehead atoms. The van der Waals surface area contributed by atoms with Crippen LogP contribution in [0.4, 0.5) is 0 Å². The SMILES string of the molecule is CCCCc1ccc(-c2ccc3c(c2)[Si](C)(C)c2c-3ccc3ccccc23)cc1. The number of rotatable bonds is 4. The van der Waals surface area contributed by atoms with Crippen molar-refractivity contribution in [3.63, 3.8) is 0 Å². The Bertz CT molecular complexity index is 1200.